The predicted molar refractivity (Wildman–Crippen MR) is 131 cm³/mol. The molecule has 1 aliphatic rings. The second kappa shape index (κ2) is 10.4. The van der Waals surface area contributed by atoms with Crippen LogP contribution in [0.25, 0.3) is 0 Å². The van der Waals surface area contributed by atoms with Crippen molar-refractivity contribution < 1.29 is 19.0 Å². The van der Waals surface area contributed by atoms with Crippen molar-refractivity contribution in [3.05, 3.63) is 83.6 Å². The van der Waals surface area contributed by atoms with E-state index in [1.54, 1.807) is 4.90 Å². The van der Waals surface area contributed by atoms with Gasteiger partial charge in [-0.15, -0.1) is 0 Å². The lowest BCUT2D eigenvalue weighted by Gasteiger charge is -2.35. The average Bonchev–Trinajstić information content (AvgIpc) is 3.00. The van der Waals surface area contributed by atoms with E-state index in [2.05, 4.69) is 18.2 Å². The molecule has 0 radical (unpaired) electrons. The van der Waals surface area contributed by atoms with Crippen molar-refractivity contribution in [3.8, 4) is 0 Å². The first-order valence-electron chi connectivity index (χ1n) is 11.6. The largest absolute Gasteiger partial charge is 0.494 e. The molecule has 0 unspecified atom stereocenters. The molecule has 3 rings (SSSR count). The van der Waals surface area contributed by atoms with Crippen LogP contribution >= 0.6 is 0 Å². The van der Waals surface area contributed by atoms with Gasteiger partial charge in [0.15, 0.2) is 0 Å². The molecule has 33 heavy (non-hydrogen) atoms. The van der Waals surface area contributed by atoms with Crippen LogP contribution in [0, 0.1) is 0 Å². The van der Waals surface area contributed by atoms with Crippen molar-refractivity contribution in [1.29, 1.82) is 0 Å². The van der Waals surface area contributed by atoms with Crippen LogP contribution in [-0.2, 0) is 27.2 Å². The Morgan fingerprint density at radius 3 is 2.18 bits per heavy atom. The molecule has 0 N–H and O–H groups in total. The molecular formula is C28H37NO4. The van der Waals surface area contributed by atoms with Crippen LogP contribution in [0.1, 0.15) is 59.1 Å². The molecule has 0 spiro atoms. The van der Waals surface area contributed by atoms with E-state index in [9.17, 15) is 4.79 Å². The molecule has 1 aliphatic heterocycles. The van der Waals surface area contributed by atoms with Gasteiger partial charge in [-0.2, -0.15) is 0 Å². The summed E-state index contributed by atoms with van der Waals surface area (Å²) in [5.41, 5.74) is 0.925. The summed E-state index contributed by atoms with van der Waals surface area (Å²) in [6, 6.07) is 20.1. The number of carbonyl (C=O) groups excluding carboxylic acids is 1. The molecule has 2 atom stereocenters. The second-order valence-electron chi connectivity index (χ2n) is 10.0. The minimum Gasteiger partial charge on any atom is -0.494 e. The van der Waals surface area contributed by atoms with Crippen molar-refractivity contribution in [2.24, 2.45) is 0 Å². The molecule has 1 saturated heterocycles. The topological polar surface area (TPSA) is 48.0 Å². The Labute approximate surface area is 198 Å². The monoisotopic (exact) mass is 451 g/mol. The molecule has 0 saturated carbocycles. The Balaban J connectivity index is 1.77. The lowest BCUT2D eigenvalue weighted by atomic mass is 9.98. The minimum atomic E-state index is -0.779. The van der Waals surface area contributed by atoms with Gasteiger partial charge < -0.3 is 14.2 Å². The smallest absolute Gasteiger partial charge is 0.412 e. The van der Waals surface area contributed by atoms with E-state index in [4.69, 9.17) is 14.2 Å². The summed E-state index contributed by atoms with van der Waals surface area (Å²) in [7, 11) is 0. The summed E-state index contributed by atoms with van der Waals surface area (Å²) in [6.07, 6.45) is 2.85. The second-order valence-corrected chi connectivity index (χ2v) is 10.0. The SMILES string of the molecule is CC(=CC[C@H]1OC(C)(C)N(C(=O)OC(C)(C)C)[C@H]1Cc1ccccc1)OCc1ccccc1. The molecule has 0 bridgehead atoms. The zero-order chi connectivity index (χ0) is 24.1. The first-order valence-corrected chi connectivity index (χ1v) is 11.6. The highest BCUT2D eigenvalue weighted by atomic mass is 16.6. The van der Waals surface area contributed by atoms with E-state index >= 15 is 0 Å². The standard InChI is InChI=1S/C28H37NO4/c1-21(31-20-23-15-11-8-12-16-23)17-18-25-24(19-22-13-9-7-10-14-22)29(28(5,6)32-25)26(30)33-27(2,3)4/h7-17,24-25H,18-20H2,1-6H3/t24-,25+/m0/s1. The molecule has 1 heterocycles. The van der Waals surface area contributed by atoms with Crippen LogP contribution in [0.3, 0.4) is 0 Å². The summed E-state index contributed by atoms with van der Waals surface area (Å²) >= 11 is 0. The zero-order valence-corrected chi connectivity index (χ0v) is 20.7. The van der Waals surface area contributed by atoms with E-state index in [0.29, 0.717) is 19.4 Å². The molecule has 2 aromatic carbocycles. The first-order chi connectivity index (χ1) is 15.5. The van der Waals surface area contributed by atoms with Gasteiger partial charge in [-0.1, -0.05) is 60.7 Å². The third-order valence-corrected chi connectivity index (χ3v) is 5.61. The van der Waals surface area contributed by atoms with Crippen LogP contribution in [0.15, 0.2) is 72.5 Å². The van der Waals surface area contributed by atoms with Crippen LogP contribution in [-0.4, -0.2) is 34.5 Å². The third kappa shape index (κ3) is 7.10. The van der Waals surface area contributed by atoms with Crippen LogP contribution in [0.5, 0.6) is 0 Å². The normalized spacial score (nSPS) is 20.5. The van der Waals surface area contributed by atoms with Gasteiger partial charge >= 0.3 is 6.09 Å². The molecule has 0 aromatic heterocycles. The Hall–Kier alpha value is -2.79. The van der Waals surface area contributed by atoms with Gasteiger partial charge in [-0.25, -0.2) is 4.79 Å². The molecule has 178 valence electrons. The van der Waals surface area contributed by atoms with Crippen molar-refractivity contribution in [2.45, 2.75) is 84.5 Å². The fraction of sp³-hybridized carbons (Fsp3) is 0.464. The maximum absolute atomic E-state index is 13.2. The van der Waals surface area contributed by atoms with Gasteiger partial charge in [0.2, 0.25) is 0 Å². The summed E-state index contributed by atoms with van der Waals surface area (Å²) in [5.74, 6) is 0.842. The van der Waals surface area contributed by atoms with Gasteiger partial charge in [-0.05, 0) is 71.6 Å². The minimum absolute atomic E-state index is 0.157. The summed E-state index contributed by atoms with van der Waals surface area (Å²) in [6.45, 7) is 12.0. The van der Waals surface area contributed by atoms with Gasteiger partial charge in [0.25, 0.3) is 0 Å². The Morgan fingerprint density at radius 1 is 1.03 bits per heavy atom. The van der Waals surface area contributed by atoms with Gasteiger partial charge in [0.05, 0.1) is 17.9 Å². The average molecular weight is 452 g/mol. The van der Waals surface area contributed by atoms with E-state index in [0.717, 1.165) is 16.9 Å². The Bertz CT molecular complexity index is 931. The van der Waals surface area contributed by atoms with Crippen molar-refractivity contribution in [3.63, 3.8) is 0 Å². The number of carbonyl (C=O) groups is 1. The van der Waals surface area contributed by atoms with E-state index < -0.39 is 11.3 Å². The number of amides is 1. The molecule has 5 nitrogen and oxygen atoms in total. The Morgan fingerprint density at radius 2 is 1.61 bits per heavy atom. The Kier molecular flexibility index (Phi) is 7.85. The highest BCUT2D eigenvalue weighted by Crippen LogP contribution is 2.37. The summed E-state index contributed by atoms with van der Waals surface area (Å²) < 4.78 is 18.1. The number of benzene rings is 2. The van der Waals surface area contributed by atoms with Gasteiger partial charge in [0, 0.05) is 0 Å². The molecule has 2 aromatic rings. The number of allylic oxidation sites excluding steroid dienone is 1. The summed E-state index contributed by atoms with van der Waals surface area (Å²) in [5, 5.41) is 0. The van der Waals surface area contributed by atoms with Gasteiger partial charge in [-0.3, -0.25) is 4.90 Å². The number of hydrogen-bond donors (Lipinski definition) is 0. The van der Waals surface area contributed by atoms with E-state index in [1.165, 1.54) is 0 Å². The predicted octanol–water partition coefficient (Wildman–Crippen LogP) is 6.48. The maximum Gasteiger partial charge on any atom is 0.412 e. The van der Waals surface area contributed by atoms with Crippen molar-refractivity contribution >= 4 is 6.09 Å². The van der Waals surface area contributed by atoms with Crippen LogP contribution in [0.2, 0.25) is 0 Å². The fourth-order valence-electron chi connectivity index (χ4n) is 4.13. The van der Waals surface area contributed by atoms with Crippen LogP contribution in [0.4, 0.5) is 4.79 Å². The molecule has 0 aliphatic carbocycles. The highest BCUT2D eigenvalue weighted by Gasteiger charge is 2.50. The molecule has 1 fully saturated rings. The zero-order valence-electron chi connectivity index (χ0n) is 20.7. The molecule has 5 heteroatoms. The van der Waals surface area contributed by atoms with Crippen molar-refractivity contribution in [1.82, 2.24) is 4.90 Å². The number of rotatable bonds is 7. The van der Waals surface area contributed by atoms with E-state index in [1.807, 2.05) is 90.1 Å². The fourth-order valence-corrected chi connectivity index (χ4v) is 4.13. The number of ether oxygens (including phenoxy) is 3. The quantitative estimate of drug-likeness (QED) is 0.452. The van der Waals surface area contributed by atoms with Crippen LogP contribution < -0.4 is 0 Å². The summed E-state index contributed by atoms with van der Waals surface area (Å²) in [4.78, 5) is 15.0. The number of hydrogen-bond acceptors (Lipinski definition) is 4. The number of nitrogens with zero attached hydrogens (tertiary/aromatic N) is 1. The van der Waals surface area contributed by atoms with Gasteiger partial charge in [0.1, 0.15) is 17.9 Å². The van der Waals surface area contributed by atoms with Crippen molar-refractivity contribution in [2.75, 3.05) is 0 Å². The molecule has 1 amide bonds. The lowest BCUT2D eigenvalue weighted by Crippen LogP contribution is -2.51. The highest BCUT2D eigenvalue weighted by molar-refractivity contribution is 5.70. The molecular weight excluding hydrogens is 414 g/mol. The lowest BCUT2D eigenvalue weighted by molar-refractivity contribution is -0.0781. The first kappa shape index (κ1) is 24.8. The maximum atomic E-state index is 13.2. The van der Waals surface area contributed by atoms with E-state index in [-0.39, 0.29) is 18.2 Å². The third-order valence-electron chi connectivity index (χ3n) is 5.61.